The van der Waals surface area contributed by atoms with Crippen LogP contribution in [-0.4, -0.2) is 23.8 Å². The van der Waals surface area contributed by atoms with E-state index in [0.29, 0.717) is 18.9 Å². The fraction of sp³-hybridized carbons (Fsp3) is 0.909. The third-order valence-corrected chi connectivity index (χ3v) is 3.50. The summed E-state index contributed by atoms with van der Waals surface area (Å²) >= 11 is 0. The molecule has 0 aromatic rings. The predicted octanol–water partition coefficient (Wildman–Crippen LogP) is 1.49. The highest BCUT2D eigenvalue weighted by Gasteiger charge is 2.34. The number of carbonyl (C=O) groups is 1. The zero-order valence-corrected chi connectivity index (χ0v) is 8.45. The maximum Gasteiger partial charge on any atom is 0.306 e. The Hall–Kier alpha value is -0.570. The molecule has 2 atom stereocenters. The maximum atomic E-state index is 10.9. The monoisotopic (exact) mass is 198 g/mol. The Morgan fingerprint density at radius 1 is 1.21 bits per heavy atom. The summed E-state index contributed by atoms with van der Waals surface area (Å²) in [6.07, 6.45) is 6.08. The van der Waals surface area contributed by atoms with Gasteiger partial charge in [0.05, 0.1) is 19.1 Å². The quantitative estimate of drug-likeness (QED) is 0.684. The molecule has 80 valence electrons. The van der Waals surface area contributed by atoms with Crippen LogP contribution >= 0.6 is 0 Å². The molecule has 0 unspecified atom stereocenters. The summed E-state index contributed by atoms with van der Waals surface area (Å²) in [7, 11) is 0. The van der Waals surface area contributed by atoms with E-state index in [-0.39, 0.29) is 18.0 Å². The first kappa shape index (κ1) is 9.97. The highest BCUT2D eigenvalue weighted by atomic mass is 16.5. The first-order chi connectivity index (χ1) is 6.77. The lowest BCUT2D eigenvalue weighted by Gasteiger charge is -2.29. The zero-order valence-electron chi connectivity index (χ0n) is 8.45. The second kappa shape index (κ2) is 4.30. The van der Waals surface area contributed by atoms with E-state index in [1.165, 1.54) is 19.3 Å². The molecule has 1 aliphatic heterocycles. The van der Waals surface area contributed by atoms with Gasteiger partial charge in [0.1, 0.15) is 0 Å². The molecule has 2 fully saturated rings. The minimum Gasteiger partial charge on any atom is -0.465 e. The van der Waals surface area contributed by atoms with Crippen molar-refractivity contribution in [3.05, 3.63) is 0 Å². The zero-order chi connectivity index (χ0) is 9.97. The van der Waals surface area contributed by atoms with Crippen LogP contribution in [0.15, 0.2) is 0 Å². The second-order valence-electron chi connectivity index (χ2n) is 4.54. The molecule has 1 heterocycles. The molecule has 1 aliphatic carbocycles. The van der Waals surface area contributed by atoms with Gasteiger partial charge in [0.2, 0.25) is 0 Å². The first-order valence-corrected chi connectivity index (χ1v) is 5.61. The van der Waals surface area contributed by atoms with Crippen molar-refractivity contribution in [3.63, 3.8) is 0 Å². The van der Waals surface area contributed by atoms with Crippen LogP contribution in [0.2, 0.25) is 0 Å². The van der Waals surface area contributed by atoms with E-state index < -0.39 is 0 Å². The van der Waals surface area contributed by atoms with Crippen LogP contribution in [-0.2, 0) is 9.53 Å². The van der Waals surface area contributed by atoms with Crippen LogP contribution in [0, 0.1) is 11.8 Å². The first-order valence-electron chi connectivity index (χ1n) is 5.61. The number of aliphatic hydroxyl groups excluding tert-OH is 1. The minimum atomic E-state index is -0.318. The molecule has 0 bridgehead atoms. The molecular weight excluding hydrogens is 180 g/mol. The van der Waals surface area contributed by atoms with E-state index in [1.807, 2.05) is 0 Å². The largest absolute Gasteiger partial charge is 0.465 e. The Labute approximate surface area is 84.4 Å². The number of hydrogen-bond donors (Lipinski definition) is 1. The molecule has 1 saturated heterocycles. The average Bonchev–Trinajstić information content (AvgIpc) is 2.65. The Kier molecular flexibility index (Phi) is 3.06. The SMILES string of the molecule is O=C1C[C@@H]([C@H](O)C2CCCCC2)CO1. The maximum absolute atomic E-state index is 10.9. The van der Waals surface area contributed by atoms with Crippen LogP contribution in [0.4, 0.5) is 0 Å². The van der Waals surface area contributed by atoms with Crippen molar-refractivity contribution in [1.29, 1.82) is 0 Å². The van der Waals surface area contributed by atoms with Gasteiger partial charge in [-0.3, -0.25) is 4.79 Å². The van der Waals surface area contributed by atoms with E-state index in [1.54, 1.807) is 0 Å². The number of aliphatic hydroxyl groups is 1. The molecule has 0 aromatic carbocycles. The van der Waals surface area contributed by atoms with E-state index >= 15 is 0 Å². The van der Waals surface area contributed by atoms with Gasteiger partial charge in [-0.25, -0.2) is 0 Å². The topological polar surface area (TPSA) is 46.5 Å². The van der Waals surface area contributed by atoms with Gasteiger partial charge in [-0.15, -0.1) is 0 Å². The normalized spacial score (nSPS) is 31.5. The number of hydrogen-bond acceptors (Lipinski definition) is 3. The standard InChI is InChI=1S/C11H18O3/c12-10-6-9(7-14-10)11(13)8-4-2-1-3-5-8/h8-9,11,13H,1-7H2/t9-,11-/m1/s1. The fourth-order valence-electron chi connectivity index (χ4n) is 2.61. The lowest BCUT2D eigenvalue weighted by Crippen LogP contribution is -2.31. The van der Waals surface area contributed by atoms with Crippen LogP contribution in [0.25, 0.3) is 0 Å². The van der Waals surface area contributed by atoms with E-state index in [2.05, 4.69) is 0 Å². The van der Waals surface area contributed by atoms with E-state index in [9.17, 15) is 9.90 Å². The Balaban J connectivity index is 1.86. The van der Waals surface area contributed by atoms with Crippen molar-refractivity contribution in [2.24, 2.45) is 11.8 Å². The third-order valence-electron chi connectivity index (χ3n) is 3.50. The molecule has 3 heteroatoms. The van der Waals surface area contributed by atoms with Gasteiger partial charge in [-0.2, -0.15) is 0 Å². The Bertz CT molecular complexity index is 209. The highest BCUT2D eigenvalue weighted by molar-refractivity contribution is 5.71. The molecule has 14 heavy (non-hydrogen) atoms. The molecule has 0 amide bonds. The summed E-state index contributed by atoms with van der Waals surface area (Å²) in [6, 6.07) is 0. The van der Waals surface area contributed by atoms with Gasteiger partial charge in [-0.1, -0.05) is 19.3 Å². The summed E-state index contributed by atoms with van der Waals surface area (Å²) in [5, 5.41) is 10.1. The van der Waals surface area contributed by atoms with Crippen molar-refractivity contribution in [1.82, 2.24) is 0 Å². The molecule has 3 nitrogen and oxygen atoms in total. The number of ether oxygens (including phenoxy) is 1. The molecule has 2 aliphatic rings. The summed E-state index contributed by atoms with van der Waals surface area (Å²) in [5.74, 6) is 0.318. The summed E-state index contributed by atoms with van der Waals surface area (Å²) in [5.41, 5.74) is 0. The summed E-state index contributed by atoms with van der Waals surface area (Å²) < 4.78 is 4.88. The molecule has 1 N–H and O–H groups in total. The fourth-order valence-corrected chi connectivity index (χ4v) is 2.61. The van der Waals surface area contributed by atoms with Gasteiger partial charge in [0.25, 0.3) is 0 Å². The number of rotatable bonds is 2. The van der Waals surface area contributed by atoms with Gasteiger partial charge in [0.15, 0.2) is 0 Å². The average molecular weight is 198 g/mol. The number of carbonyl (C=O) groups excluding carboxylic acids is 1. The smallest absolute Gasteiger partial charge is 0.306 e. The van der Waals surface area contributed by atoms with Crippen LogP contribution in [0.5, 0.6) is 0 Å². The van der Waals surface area contributed by atoms with Crippen molar-refractivity contribution in [2.45, 2.75) is 44.6 Å². The Morgan fingerprint density at radius 2 is 1.93 bits per heavy atom. The van der Waals surface area contributed by atoms with Gasteiger partial charge in [0, 0.05) is 5.92 Å². The third kappa shape index (κ3) is 2.08. The van der Waals surface area contributed by atoms with Crippen molar-refractivity contribution >= 4 is 5.97 Å². The number of cyclic esters (lactones) is 1. The molecule has 0 spiro atoms. The molecule has 2 rings (SSSR count). The van der Waals surface area contributed by atoms with Crippen molar-refractivity contribution in [3.8, 4) is 0 Å². The summed E-state index contributed by atoms with van der Waals surface area (Å²) in [6.45, 7) is 0.427. The molecular formula is C11H18O3. The van der Waals surface area contributed by atoms with Crippen molar-refractivity contribution < 1.29 is 14.6 Å². The second-order valence-corrected chi connectivity index (χ2v) is 4.54. The predicted molar refractivity (Wildman–Crippen MR) is 51.6 cm³/mol. The summed E-state index contributed by atoms with van der Waals surface area (Å²) in [4.78, 5) is 10.9. The van der Waals surface area contributed by atoms with Gasteiger partial charge in [-0.05, 0) is 18.8 Å². The van der Waals surface area contributed by atoms with Crippen LogP contribution in [0.1, 0.15) is 38.5 Å². The van der Waals surface area contributed by atoms with E-state index in [0.717, 1.165) is 12.8 Å². The minimum absolute atomic E-state index is 0.0607. The van der Waals surface area contributed by atoms with Crippen molar-refractivity contribution in [2.75, 3.05) is 6.61 Å². The lowest BCUT2D eigenvalue weighted by molar-refractivity contribution is -0.137. The van der Waals surface area contributed by atoms with Gasteiger partial charge < -0.3 is 9.84 Å². The highest BCUT2D eigenvalue weighted by Crippen LogP contribution is 2.32. The van der Waals surface area contributed by atoms with Crippen LogP contribution < -0.4 is 0 Å². The number of esters is 1. The van der Waals surface area contributed by atoms with Gasteiger partial charge >= 0.3 is 5.97 Å². The molecule has 1 saturated carbocycles. The molecule has 0 aromatic heterocycles. The van der Waals surface area contributed by atoms with E-state index in [4.69, 9.17) is 4.74 Å². The van der Waals surface area contributed by atoms with Crippen LogP contribution in [0.3, 0.4) is 0 Å². The lowest BCUT2D eigenvalue weighted by atomic mass is 9.80. The Morgan fingerprint density at radius 3 is 2.50 bits per heavy atom. The molecule has 0 radical (unpaired) electrons.